The Labute approximate surface area is 320 Å². The summed E-state index contributed by atoms with van der Waals surface area (Å²) in [4.78, 5) is 59.3. The molecule has 10 nitrogen and oxygen atoms in total. The van der Waals surface area contributed by atoms with Gasteiger partial charge in [-0.15, -0.1) is 23.2 Å². The second kappa shape index (κ2) is 11.9. The lowest BCUT2D eigenvalue weighted by atomic mass is 9.56. The van der Waals surface area contributed by atoms with Crippen molar-refractivity contribution in [2.75, 3.05) is 17.5 Å². The Hall–Kier alpha value is -3.23. The number of carbonyl (C=O) groups is 4. The number of amides is 4. The van der Waals surface area contributed by atoms with Gasteiger partial charge in [-0.05, 0) is 98.6 Å². The molecule has 2 saturated heterocycles. The van der Waals surface area contributed by atoms with E-state index >= 15 is 0 Å². The Bertz CT molecular complexity index is 2180. The number of ether oxygens (including phenoxy) is 1. The van der Waals surface area contributed by atoms with Crippen LogP contribution < -0.4 is 9.64 Å². The monoisotopic (exact) mass is 905 g/mol. The molecule has 6 atom stereocenters. The van der Waals surface area contributed by atoms with Crippen molar-refractivity contribution in [3.05, 3.63) is 80.8 Å². The van der Waals surface area contributed by atoms with E-state index in [1.54, 1.807) is 24.3 Å². The first kappa shape index (κ1) is 33.9. The van der Waals surface area contributed by atoms with Crippen LogP contribution >= 0.6 is 71.0 Å². The second-order valence-electron chi connectivity index (χ2n) is 12.7. The number of anilines is 1. The first-order valence-electron chi connectivity index (χ1n) is 15.5. The number of fused-ring (bicyclic) bond motifs is 5. The molecule has 1 saturated carbocycles. The Morgan fingerprint density at radius 1 is 1.00 bits per heavy atom. The lowest BCUT2D eigenvalue weighted by Crippen LogP contribution is -2.60. The molecule has 4 aromatic rings. The number of carbonyl (C=O) groups excluding carboxylic acids is 4. The minimum absolute atomic E-state index is 0.0839. The van der Waals surface area contributed by atoms with Crippen LogP contribution in [0.5, 0.6) is 11.5 Å². The summed E-state index contributed by atoms with van der Waals surface area (Å²) in [7, 11) is 1.38. The van der Waals surface area contributed by atoms with Crippen LogP contribution in [0.25, 0.3) is 22.6 Å². The molecule has 256 valence electrons. The topological polar surface area (TPSA) is 130 Å². The molecule has 2 aliphatic carbocycles. The van der Waals surface area contributed by atoms with Crippen LogP contribution in [-0.4, -0.2) is 60.9 Å². The molecule has 0 unspecified atom stereocenters. The van der Waals surface area contributed by atoms with Gasteiger partial charge in [-0.2, -0.15) is 0 Å². The van der Waals surface area contributed by atoms with Crippen molar-refractivity contribution in [3.8, 4) is 23.0 Å². The maximum Gasteiger partial charge on any atom is 0.254 e. The predicted molar refractivity (Wildman–Crippen MR) is 195 cm³/mol. The molecule has 3 fully saturated rings. The fourth-order valence-corrected chi connectivity index (χ4v) is 10.5. The van der Waals surface area contributed by atoms with Crippen LogP contribution in [0.15, 0.2) is 79.6 Å². The number of phenolic OH excluding ortho intramolecular Hbond substituents is 1. The minimum Gasteiger partial charge on any atom is -0.503 e. The number of aromatic nitrogens is 1. The molecule has 15 heteroatoms. The molecule has 0 spiro atoms. The van der Waals surface area contributed by atoms with Gasteiger partial charge in [0.25, 0.3) is 11.8 Å². The maximum absolute atomic E-state index is 14.5. The zero-order chi connectivity index (χ0) is 35.4. The zero-order valence-corrected chi connectivity index (χ0v) is 32.1. The summed E-state index contributed by atoms with van der Waals surface area (Å²) >= 11 is 24.9. The number of para-hydroxylation sites is 2. The number of allylic oxidation sites excluding steroid dienone is 2. The number of imide groups is 2. The average Bonchev–Trinajstić information content (AvgIpc) is 3.70. The molecular formula is C35H24Br3Cl2N3O7. The summed E-state index contributed by atoms with van der Waals surface area (Å²) < 4.78 is 11.9. The predicted octanol–water partition coefficient (Wildman–Crippen LogP) is 7.65. The molecule has 1 aromatic heterocycles. The van der Waals surface area contributed by atoms with Crippen molar-refractivity contribution < 1.29 is 33.4 Å². The van der Waals surface area contributed by atoms with Crippen molar-refractivity contribution in [1.29, 1.82) is 0 Å². The molecular weight excluding hydrogens is 885 g/mol. The smallest absolute Gasteiger partial charge is 0.254 e. The number of alkyl halides is 3. The van der Waals surface area contributed by atoms with Gasteiger partial charge < -0.3 is 14.3 Å². The first-order valence-corrected chi connectivity index (χ1v) is 18.9. The molecule has 8 rings (SSSR count). The number of hydrogen-bond acceptors (Lipinski definition) is 8. The molecule has 1 N–H and O–H groups in total. The van der Waals surface area contributed by atoms with E-state index in [-0.39, 0.29) is 40.2 Å². The molecule has 50 heavy (non-hydrogen) atoms. The maximum atomic E-state index is 14.5. The van der Waals surface area contributed by atoms with Crippen LogP contribution in [0.2, 0.25) is 0 Å². The van der Waals surface area contributed by atoms with Crippen molar-refractivity contribution in [2.24, 2.45) is 17.8 Å². The van der Waals surface area contributed by atoms with E-state index in [2.05, 4.69) is 52.8 Å². The molecule has 0 radical (unpaired) electrons. The number of likely N-dealkylation sites (tertiary alicyclic amines) is 1. The van der Waals surface area contributed by atoms with E-state index in [0.717, 1.165) is 4.90 Å². The van der Waals surface area contributed by atoms with Gasteiger partial charge in [0, 0.05) is 16.0 Å². The number of aromatic hydroxyl groups is 1. The minimum atomic E-state index is -2.02. The summed E-state index contributed by atoms with van der Waals surface area (Å²) in [6.07, 6.45) is 1.87. The van der Waals surface area contributed by atoms with E-state index in [4.69, 9.17) is 32.4 Å². The van der Waals surface area contributed by atoms with Gasteiger partial charge in [0.05, 0.1) is 34.6 Å². The van der Waals surface area contributed by atoms with Crippen molar-refractivity contribution >= 4 is 111 Å². The quantitative estimate of drug-likeness (QED) is 0.0937. The Kier molecular flexibility index (Phi) is 8.07. The van der Waals surface area contributed by atoms with Gasteiger partial charge in [0.2, 0.25) is 17.7 Å². The number of methoxy groups -OCH3 is 1. The highest BCUT2D eigenvalue weighted by Gasteiger charge is 2.76. The normalized spacial score (nSPS) is 29.0. The number of rotatable bonds is 5. The van der Waals surface area contributed by atoms with Crippen LogP contribution in [-0.2, 0) is 19.2 Å². The van der Waals surface area contributed by atoms with E-state index in [0.29, 0.717) is 43.9 Å². The zero-order valence-electron chi connectivity index (χ0n) is 25.8. The first-order chi connectivity index (χ1) is 23.9. The number of halogens is 5. The molecule has 4 aliphatic rings. The van der Waals surface area contributed by atoms with Gasteiger partial charge in [-0.25, -0.2) is 4.98 Å². The van der Waals surface area contributed by atoms with Crippen molar-refractivity contribution in [1.82, 2.24) is 9.88 Å². The van der Waals surface area contributed by atoms with Crippen molar-refractivity contribution in [2.45, 2.75) is 28.5 Å². The van der Waals surface area contributed by atoms with E-state index < -0.39 is 51.1 Å². The highest BCUT2D eigenvalue weighted by molar-refractivity contribution is 9.13. The fourth-order valence-electron chi connectivity index (χ4n) is 8.08. The number of benzene rings is 3. The lowest BCUT2D eigenvalue weighted by molar-refractivity contribution is -0.138. The number of hydrogen-bond donors (Lipinski definition) is 1. The summed E-state index contributed by atoms with van der Waals surface area (Å²) in [6.45, 7) is 0. The van der Waals surface area contributed by atoms with E-state index in [1.807, 2.05) is 30.3 Å². The largest absolute Gasteiger partial charge is 0.503 e. The highest BCUT2D eigenvalue weighted by Crippen LogP contribution is 2.67. The third-order valence-corrected chi connectivity index (χ3v) is 14.5. The summed E-state index contributed by atoms with van der Waals surface area (Å²) in [5, 5.41) is 10.7. The van der Waals surface area contributed by atoms with E-state index in [1.165, 1.54) is 18.1 Å². The van der Waals surface area contributed by atoms with E-state index in [9.17, 15) is 24.3 Å². The van der Waals surface area contributed by atoms with Crippen LogP contribution in [0.1, 0.15) is 24.3 Å². The summed E-state index contributed by atoms with van der Waals surface area (Å²) in [5.74, 6) is -5.35. The van der Waals surface area contributed by atoms with Gasteiger partial charge in [0.1, 0.15) is 5.52 Å². The second-order valence-corrected chi connectivity index (χ2v) is 16.0. The van der Waals surface area contributed by atoms with Crippen LogP contribution in [0.4, 0.5) is 5.69 Å². The van der Waals surface area contributed by atoms with Crippen LogP contribution in [0.3, 0.4) is 0 Å². The SMILES string of the molecule is COc1cc([C@H]2C3=CC[C@@H]4C(=O)N(c5ccc(-c6nc7ccccc7o6)cc5)C(=O)[C@@H]4[C@@H]3C[C@@]3(Cl)C(=O)N(CBr)C(=O)[C@@]23Cl)c(Br)c(Br)c1O. The standard InChI is InChI=1S/C35H24Br3Cl2N3O7/c1-49-23-12-19(26(37)27(38)28(23)44)25-17-10-11-18-24(20(17)13-34(39)32(47)42(14-36)33(48)35(25,34)40)31(46)43(30(18)45)16-8-6-15(7-9-16)29-41-21-4-2-3-5-22(21)50-29/h2-10,12,18,20,24-25,44H,11,13-14H2,1H3/t18-,20+,24-,25+,34+,35-/m0/s1. The summed E-state index contributed by atoms with van der Waals surface area (Å²) in [5.41, 5.74) is 3.25. The highest BCUT2D eigenvalue weighted by atomic mass is 79.9. The Morgan fingerprint density at radius 2 is 1.72 bits per heavy atom. The molecule has 4 amide bonds. The molecule has 3 aromatic carbocycles. The van der Waals surface area contributed by atoms with Gasteiger partial charge in [-0.1, -0.05) is 39.7 Å². The molecule has 0 bridgehead atoms. The summed E-state index contributed by atoms with van der Waals surface area (Å²) in [6, 6.07) is 15.8. The fraction of sp³-hybridized carbons (Fsp3) is 0.286. The Morgan fingerprint density at radius 3 is 2.40 bits per heavy atom. The van der Waals surface area contributed by atoms with Gasteiger partial charge in [-0.3, -0.25) is 29.0 Å². The Balaban J connectivity index is 1.22. The number of nitrogens with zero attached hydrogens (tertiary/aromatic N) is 3. The van der Waals surface area contributed by atoms with Gasteiger partial charge in [0.15, 0.2) is 26.8 Å². The van der Waals surface area contributed by atoms with Crippen molar-refractivity contribution in [3.63, 3.8) is 0 Å². The molecule has 3 heterocycles. The number of phenols is 1. The van der Waals surface area contributed by atoms with Gasteiger partial charge >= 0.3 is 0 Å². The molecule has 2 aliphatic heterocycles. The average molecular weight is 909 g/mol. The third kappa shape index (κ3) is 4.45. The third-order valence-electron chi connectivity index (χ3n) is 10.4. The van der Waals surface area contributed by atoms with Crippen LogP contribution in [0, 0.1) is 17.8 Å². The lowest BCUT2D eigenvalue weighted by Gasteiger charge is -2.51. The number of oxazole rings is 1.